The van der Waals surface area contributed by atoms with E-state index < -0.39 is 0 Å². The molecule has 0 atom stereocenters. The Balaban J connectivity index is 1.52. The number of nitrogens with one attached hydrogen (secondary N) is 1. The predicted molar refractivity (Wildman–Crippen MR) is 98.6 cm³/mol. The van der Waals surface area contributed by atoms with E-state index in [4.69, 9.17) is 4.52 Å². The second-order valence-electron chi connectivity index (χ2n) is 6.62. The number of carbonyl (C=O) groups is 1. The summed E-state index contributed by atoms with van der Waals surface area (Å²) in [6.45, 7) is 2.61. The molecule has 134 valence electrons. The second kappa shape index (κ2) is 9.04. The van der Waals surface area contributed by atoms with Crippen LogP contribution in [0.4, 0.5) is 0 Å². The first-order valence-corrected chi connectivity index (χ1v) is 9.99. The number of carbonyl (C=O) groups excluding carboxylic acids is 1. The molecule has 2 heterocycles. The molecule has 6 heteroatoms. The van der Waals surface area contributed by atoms with Crippen LogP contribution in [0.25, 0.3) is 0 Å². The van der Waals surface area contributed by atoms with Gasteiger partial charge in [0.1, 0.15) is 10.8 Å². The molecule has 0 unspecified atom stereocenters. The van der Waals surface area contributed by atoms with E-state index in [1.807, 2.05) is 19.1 Å². The van der Waals surface area contributed by atoms with E-state index in [0.717, 1.165) is 35.4 Å². The Morgan fingerprint density at radius 2 is 2.20 bits per heavy atom. The Kier molecular flexibility index (Phi) is 6.50. The number of hydrogen-bond acceptors (Lipinski definition) is 5. The maximum absolute atomic E-state index is 12.5. The van der Waals surface area contributed by atoms with E-state index in [1.54, 1.807) is 12.3 Å². The Bertz CT molecular complexity index is 695. The van der Waals surface area contributed by atoms with Gasteiger partial charge in [0.05, 0.1) is 11.3 Å². The SMILES string of the molecule is Cc1cc(CSc2ncccc2C(=O)NCCC2CCCCC2)no1. The zero-order valence-electron chi connectivity index (χ0n) is 14.7. The molecule has 2 aromatic heterocycles. The van der Waals surface area contributed by atoms with Crippen LogP contribution in [-0.4, -0.2) is 22.6 Å². The van der Waals surface area contributed by atoms with Crippen LogP contribution in [-0.2, 0) is 5.75 Å². The van der Waals surface area contributed by atoms with Crippen molar-refractivity contribution in [2.75, 3.05) is 6.54 Å². The molecule has 1 aliphatic rings. The fraction of sp³-hybridized carbons (Fsp3) is 0.526. The summed E-state index contributed by atoms with van der Waals surface area (Å²) in [5.41, 5.74) is 1.49. The highest BCUT2D eigenvalue weighted by Gasteiger charge is 2.16. The fourth-order valence-electron chi connectivity index (χ4n) is 3.27. The van der Waals surface area contributed by atoms with Crippen LogP contribution in [0.3, 0.4) is 0 Å². The molecule has 0 radical (unpaired) electrons. The van der Waals surface area contributed by atoms with Gasteiger partial charge in [-0.15, -0.1) is 0 Å². The van der Waals surface area contributed by atoms with Crippen molar-refractivity contribution in [3.05, 3.63) is 41.4 Å². The third-order valence-electron chi connectivity index (χ3n) is 4.61. The van der Waals surface area contributed by atoms with Gasteiger partial charge in [-0.2, -0.15) is 0 Å². The first-order chi connectivity index (χ1) is 12.2. The lowest BCUT2D eigenvalue weighted by Crippen LogP contribution is -2.27. The van der Waals surface area contributed by atoms with Crippen molar-refractivity contribution >= 4 is 17.7 Å². The summed E-state index contributed by atoms with van der Waals surface area (Å²) in [4.78, 5) is 16.9. The number of amides is 1. The Morgan fingerprint density at radius 3 is 2.96 bits per heavy atom. The van der Waals surface area contributed by atoms with Gasteiger partial charge in [0.2, 0.25) is 0 Å². The van der Waals surface area contributed by atoms with Crippen molar-refractivity contribution in [3.8, 4) is 0 Å². The molecule has 0 aliphatic heterocycles. The minimum Gasteiger partial charge on any atom is -0.361 e. The average molecular weight is 359 g/mol. The van der Waals surface area contributed by atoms with Gasteiger partial charge >= 0.3 is 0 Å². The first-order valence-electron chi connectivity index (χ1n) is 9.00. The summed E-state index contributed by atoms with van der Waals surface area (Å²) in [5, 5.41) is 7.78. The van der Waals surface area contributed by atoms with Gasteiger partial charge in [-0.25, -0.2) is 4.98 Å². The van der Waals surface area contributed by atoms with Crippen molar-refractivity contribution in [2.24, 2.45) is 5.92 Å². The van der Waals surface area contributed by atoms with Crippen LogP contribution in [0.15, 0.2) is 33.9 Å². The van der Waals surface area contributed by atoms with Crippen LogP contribution in [0, 0.1) is 12.8 Å². The zero-order chi connectivity index (χ0) is 17.5. The summed E-state index contributed by atoms with van der Waals surface area (Å²) >= 11 is 1.51. The molecule has 1 N–H and O–H groups in total. The number of hydrogen-bond donors (Lipinski definition) is 1. The van der Waals surface area contributed by atoms with Gasteiger partial charge in [0.25, 0.3) is 5.91 Å². The van der Waals surface area contributed by atoms with Crippen molar-refractivity contribution in [2.45, 2.75) is 56.2 Å². The molecule has 1 aliphatic carbocycles. The van der Waals surface area contributed by atoms with E-state index in [0.29, 0.717) is 11.3 Å². The third kappa shape index (κ3) is 5.33. The maximum Gasteiger partial charge on any atom is 0.254 e. The predicted octanol–water partition coefficient (Wildman–Crippen LogP) is 4.37. The summed E-state index contributed by atoms with van der Waals surface area (Å²) in [7, 11) is 0. The van der Waals surface area contributed by atoms with Gasteiger partial charge in [-0.1, -0.05) is 49.0 Å². The van der Waals surface area contributed by atoms with Gasteiger partial charge in [-0.3, -0.25) is 4.79 Å². The van der Waals surface area contributed by atoms with Crippen LogP contribution in [0.2, 0.25) is 0 Å². The van der Waals surface area contributed by atoms with E-state index in [-0.39, 0.29) is 5.91 Å². The Morgan fingerprint density at radius 1 is 1.36 bits per heavy atom. The zero-order valence-corrected chi connectivity index (χ0v) is 15.5. The van der Waals surface area contributed by atoms with E-state index in [9.17, 15) is 4.79 Å². The summed E-state index contributed by atoms with van der Waals surface area (Å²) in [5.74, 6) is 2.16. The van der Waals surface area contributed by atoms with Crippen molar-refractivity contribution in [3.63, 3.8) is 0 Å². The first kappa shape index (κ1) is 18.0. The summed E-state index contributed by atoms with van der Waals surface area (Å²) < 4.78 is 5.08. The van der Waals surface area contributed by atoms with Crippen molar-refractivity contribution in [1.29, 1.82) is 0 Å². The smallest absolute Gasteiger partial charge is 0.254 e. The lowest BCUT2D eigenvalue weighted by atomic mass is 9.87. The topological polar surface area (TPSA) is 68.0 Å². The van der Waals surface area contributed by atoms with Gasteiger partial charge in [-0.05, 0) is 31.4 Å². The lowest BCUT2D eigenvalue weighted by molar-refractivity contribution is 0.0946. The molecule has 1 amide bonds. The molecule has 0 spiro atoms. The quantitative estimate of drug-likeness (QED) is 0.744. The standard InChI is InChI=1S/C19H25N3O2S/c1-14-12-16(22-24-14)13-25-19-17(8-5-10-21-19)18(23)20-11-9-15-6-3-2-4-7-15/h5,8,10,12,15H,2-4,6-7,9,11,13H2,1H3,(H,20,23). The Hall–Kier alpha value is -1.82. The van der Waals surface area contributed by atoms with Gasteiger partial charge in [0.15, 0.2) is 0 Å². The minimum atomic E-state index is -0.0391. The summed E-state index contributed by atoms with van der Waals surface area (Å²) in [6.07, 6.45) is 9.45. The highest BCUT2D eigenvalue weighted by atomic mass is 32.2. The number of nitrogens with zero attached hydrogens (tertiary/aromatic N) is 2. The van der Waals surface area contributed by atoms with Crippen LogP contribution >= 0.6 is 11.8 Å². The second-order valence-corrected chi connectivity index (χ2v) is 7.59. The van der Waals surface area contributed by atoms with Crippen LogP contribution in [0.5, 0.6) is 0 Å². The third-order valence-corrected chi connectivity index (χ3v) is 5.65. The largest absolute Gasteiger partial charge is 0.361 e. The maximum atomic E-state index is 12.5. The Labute approximate surface area is 153 Å². The molecular weight excluding hydrogens is 334 g/mol. The monoisotopic (exact) mass is 359 g/mol. The van der Waals surface area contributed by atoms with Crippen LogP contribution < -0.4 is 5.32 Å². The highest BCUT2D eigenvalue weighted by molar-refractivity contribution is 7.98. The number of pyridine rings is 1. The number of aromatic nitrogens is 2. The molecule has 0 aromatic carbocycles. The fourth-order valence-corrected chi connectivity index (χ4v) is 4.14. The average Bonchev–Trinajstić information content (AvgIpc) is 3.06. The van der Waals surface area contributed by atoms with E-state index in [1.165, 1.54) is 43.9 Å². The van der Waals surface area contributed by atoms with Crippen molar-refractivity contribution in [1.82, 2.24) is 15.5 Å². The lowest BCUT2D eigenvalue weighted by Gasteiger charge is -2.21. The molecule has 3 rings (SSSR count). The van der Waals surface area contributed by atoms with Crippen LogP contribution in [0.1, 0.15) is 60.3 Å². The van der Waals surface area contributed by atoms with E-state index in [2.05, 4.69) is 15.5 Å². The number of aryl methyl sites for hydroxylation is 1. The molecule has 2 aromatic rings. The number of thioether (sulfide) groups is 1. The van der Waals surface area contributed by atoms with Gasteiger partial charge < -0.3 is 9.84 Å². The molecule has 0 bridgehead atoms. The molecule has 0 saturated heterocycles. The van der Waals surface area contributed by atoms with E-state index >= 15 is 0 Å². The minimum absolute atomic E-state index is 0.0391. The highest BCUT2D eigenvalue weighted by Crippen LogP contribution is 2.26. The molecular formula is C19H25N3O2S. The summed E-state index contributed by atoms with van der Waals surface area (Å²) in [6, 6.07) is 5.54. The molecule has 5 nitrogen and oxygen atoms in total. The molecule has 1 saturated carbocycles. The van der Waals surface area contributed by atoms with Gasteiger partial charge in [0, 0.05) is 24.6 Å². The molecule has 25 heavy (non-hydrogen) atoms. The number of rotatable bonds is 7. The molecule has 1 fully saturated rings. The normalized spacial score (nSPS) is 15.2. The van der Waals surface area contributed by atoms with Crippen molar-refractivity contribution < 1.29 is 9.32 Å².